The first-order chi connectivity index (χ1) is 23.5. The molecule has 0 saturated carbocycles. The van der Waals surface area contributed by atoms with E-state index in [0.717, 1.165) is 46.9 Å². The highest BCUT2D eigenvalue weighted by atomic mass is 19.1. The van der Waals surface area contributed by atoms with Gasteiger partial charge in [-0.05, 0) is 62.1 Å². The minimum absolute atomic E-state index is 0.0544. The number of carbonyl (C=O) groups excluding carboxylic acids is 3. The van der Waals surface area contributed by atoms with E-state index in [4.69, 9.17) is 27.0 Å². The van der Waals surface area contributed by atoms with Crippen LogP contribution in [0.5, 0.6) is 0 Å². The lowest BCUT2D eigenvalue weighted by molar-refractivity contribution is -0.139. The number of pyridine rings is 1. The van der Waals surface area contributed by atoms with Gasteiger partial charge in [0, 0.05) is 69.6 Å². The fraction of sp³-hybridized carbons (Fsp3) is 0.400. The molecule has 0 aliphatic carbocycles. The zero-order valence-corrected chi connectivity index (χ0v) is 28.1. The molecule has 1 aliphatic heterocycles. The average Bonchev–Trinajstić information content (AvgIpc) is 3.49. The number of benzene rings is 2. The Hall–Kier alpha value is -4.98. The SMILES string of the molecule is [B]c1cc(F)cc(CNC(=O)OC(C)(C)OC(=O)c2cccc(C(=O)NCc3c(CC)nc4c(cnn4CC)c3NC3CCOCC3)c2)c1. The lowest BCUT2D eigenvalue weighted by atomic mass is 9.94. The fourth-order valence-corrected chi connectivity index (χ4v) is 5.67. The molecule has 1 saturated heterocycles. The molecule has 1 aliphatic rings. The summed E-state index contributed by atoms with van der Waals surface area (Å²) in [7, 11) is 5.65. The molecule has 0 spiro atoms. The Labute approximate surface area is 285 Å². The van der Waals surface area contributed by atoms with Crippen molar-refractivity contribution in [3.63, 3.8) is 0 Å². The van der Waals surface area contributed by atoms with Gasteiger partial charge < -0.3 is 30.2 Å². The fourth-order valence-electron chi connectivity index (χ4n) is 5.67. The molecule has 1 fully saturated rings. The molecule has 14 heteroatoms. The van der Waals surface area contributed by atoms with Crippen LogP contribution in [0.1, 0.15) is 78.1 Å². The Morgan fingerprint density at radius 1 is 1.04 bits per heavy atom. The van der Waals surface area contributed by atoms with Crippen molar-refractivity contribution in [2.75, 3.05) is 18.5 Å². The summed E-state index contributed by atoms with van der Waals surface area (Å²) in [6, 6.07) is 10.2. The zero-order valence-electron chi connectivity index (χ0n) is 28.1. The van der Waals surface area contributed by atoms with Crippen LogP contribution in [0.15, 0.2) is 48.7 Å². The van der Waals surface area contributed by atoms with Crippen LogP contribution in [0.3, 0.4) is 0 Å². The van der Waals surface area contributed by atoms with Crippen molar-refractivity contribution < 1.29 is 33.0 Å². The van der Waals surface area contributed by atoms with Gasteiger partial charge in [0.05, 0.1) is 22.8 Å². The molecular weight excluding hydrogens is 630 g/mol. The second-order valence-electron chi connectivity index (χ2n) is 12.2. The molecular formula is C35H40BFN6O6. The molecule has 0 atom stereocenters. The summed E-state index contributed by atoms with van der Waals surface area (Å²) < 4.78 is 31.7. The van der Waals surface area contributed by atoms with Gasteiger partial charge in [-0.2, -0.15) is 5.10 Å². The molecule has 12 nitrogen and oxygen atoms in total. The third-order valence-electron chi connectivity index (χ3n) is 8.06. The summed E-state index contributed by atoms with van der Waals surface area (Å²) in [4.78, 5) is 43.8. The van der Waals surface area contributed by atoms with Gasteiger partial charge in [-0.25, -0.2) is 23.6 Å². The number of hydrogen-bond donors (Lipinski definition) is 3. The first-order valence-electron chi connectivity index (χ1n) is 16.3. The number of amides is 2. The third-order valence-corrected chi connectivity index (χ3v) is 8.06. The van der Waals surface area contributed by atoms with Gasteiger partial charge in [0.2, 0.25) is 0 Å². The normalized spacial score (nSPS) is 13.6. The van der Waals surface area contributed by atoms with Gasteiger partial charge in [-0.3, -0.25) is 4.79 Å². The molecule has 3 heterocycles. The van der Waals surface area contributed by atoms with Crippen molar-refractivity contribution >= 4 is 48.0 Å². The number of alkyl carbamates (subject to hydrolysis) is 1. The molecule has 2 amide bonds. The number of aromatic nitrogens is 3. The van der Waals surface area contributed by atoms with E-state index in [-0.39, 0.29) is 35.7 Å². The van der Waals surface area contributed by atoms with Crippen LogP contribution in [0, 0.1) is 5.82 Å². The number of nitrogens with zero attached hydrogens (tertiary/aromatic N) is 3. The first kappa shape index (κ1) is 35.3. The summed E-state index contributed by atoms with van der Waals surface area (Å²) in [5.74, 6) is -3.40. The highest BCUT2D eigenvalue weighted by molar-refractivity contribution is 6.32. The van der Waals surface area contributed by atoms with Crippen molar-refractivity contribution in [1.29, 1.82) is 0 Å². The Bertz CT molecular complexity index is 1820. The number of esters is 1. The number of rotatable bonds is 12. The number of hydrogen-bond acceptors (Lipinski definition) is 9. The van der Waals surface area contributed by atoms with E-state index in [1.807, 2.05) is 24.7 Å². The van der Waals surface area contributed by atoms with Gasteiger partial charge in [0.15, 0.2) is 5.65 Å². The Morgan fingerprint density at radius 3 is 2.51 bits per heavy atom. The summed E-state index contributed by atoms with van der Waals surface area (Å²) in [6.45, 7) is 9.00. The summed E-state index contributed by atoms with van der Waals surface area (Å²) in [5.41, 5.74) is 4.39. The summed E-state index contributed by atoms with van der Waals surface area (Å²) in [6.07, 6.45) is 3.29. The van der Waals surface area contributed by atoms with Crippen molar-refractivity contribution in [2.45, 2.75) is 78.4 Å². The molecule has 0 bridgehead atoms. The smallest absolute Gasteiger partial charge is 0.410 e. The number of ether oxygens (including phenoxy) is 3. The lowest BCUT2D eigenvalue weighted by Crippen LogP contribution is -2.38. The Kier molecular flexibility index (Phi) is 11.2. The summed E-state index contributed by atoms with van der Waals surface area (Å²) >= 11 is 0. The third kappa shape index (κ3) is 8.93. The van der Waals surface area contributed by atoms with Crippen LogP contribution in [-0.4, -0.2) is 65.6 Å². The number of halogens is 1. The van der Waals surface area contributed by atoms with Crippen molar-refractivity contribution in [1.82, 2.24) is 25.4 Å². The molecule has 2 aromatic carbocycles. The summed E-state index contributed by atoms with van der Waals surface area (Å²) in [5, 5.41) is 14.6. The second kappa shape index (κ2) is 15.5. The standard InChI is InChI=1S/C35H40BFN6O6/c1-5-29-27(30(41-26-10-12-47-13-11-26)28-20-40-43(6-2)31(28)42-29)19-38-32(44)22-8-7-9-23(16-22)33(45)48-35(3,4)49-34(46)39-18-21-14-24(36)17-25(37)15-21/h7-9,14-17,20,26H,5-6,10-13,18-19H2,1-4H3,(H,38,44)(H,39,46)(H,41,42). The number of fused-ring (bicyclic) bond motifs is 1. The van der Waals surface area contributed by atoms with Crippen LogP contribution < -0.4 is 21.4 Å². The minimum Gasteiger partial charge on any atom is -0.419 e. The minimum atomic E-state index is -1.66. The first-order valence-corrected chi connectivity index (χ1v) is 16.3. The van der Waals surface area contributed by atoms with Crippen LogP contribution in [0.25, 0.3) is 11.0 Å². The number of carbonyl (C=O) groups is 3. The number of aryl methyl sites for hydroxylation is 2. The maximum Gasteiger partial charge on any atom is 0.410 e. The van der Waals surface area contributed by atoms with Crippen molar-refractivity contribution in [3.8, 4) is 0 Å². The molecule has 3 N–H and O–H groups in total. The highest BCUT2D eigenvalue weighted by Crippen LogP contribution is 2.31. The van der Waals surface area contributed by atoms with Crippen LogP contribution in [-0.2, 0) is 40.3 Å². The Morgan fingerprint density at radius 2 is 1.80 bits per heavy atom. The predicted octanol–water partition coefficient (Wildman–Crippen LogP) is 4.29. The van der Waals surface area contributed by atoms with Gasteiger partial charge >= 0.3 is 12.1 Å². The second-order valence-corrected chi connectivity index (χ2v) is 12.2. The molecule has 2 aromatic heterocycles. The molecule has 5 rings (SSSR count). The van der Waals surface area contributed by atoms with E-state index in [1.165, 1.54) is 38.1 Å². The highest BCUT2D eigenvalue weighted by Gasteiger charge is 2.29. The van der Waals surface area contributed by atoms with Crippen LogP contribution in [0.2, 0.25) is 0 Å². The Balaban J connectivity index is 1.25. The van der Waals surface area contributed by atoms with E-state index in [1.54, 1.807) is 12.1 Å². The van der Waals surface area contributed by atoms with Crippen LogP contribution >= 0.6 is 0 Å². The largest absolute Gasteiger partial charge is 0.419 e. The molecule has 0 unspecified atom stereocenters. The van der Waals surface area contributed by atoms with E-state index in [9.17, 15) is 18.8 Å². The monoisotopic (exact) mass is 670 g/mol. The number of nitrogens with one attached hydrogen (secondary N) is 3. The van der Waals surface area contributed by atoms with Gasteiger partial charge in [0.25, 0.3) is 11.7 Å². The van der Waals surface area contributed by atoms with E-state index in [2.05, 4.69) is 21.0 Å². The van der Waals surface area contributed by atoms with E-state index in [0.29, 0.717) is 31.7 Å². The van der Waals surface area contributed by atoms with Crippen LogP contribution in [0.4, 0.5) is 14.9 Å². The zero-order chi connectivity index (χ0) is 35.1. The topological polar surface area (TPSA) is 146 Å². The van der Waals surface area contributed by atoms with Crippen molar-refractivity contribution in [2.24, 2.45) is 0 Å². The van der Waals surface area contributed by atoms with Gasteiger partial charge in [-0.1, -0.05) is 24.5 Å². The molecule has 4 aromatic rings. The van der Waals surface area contributed by atoms with Gasteiger partial charge in [-0.15, -0.1) is 0 Å². The predicted molar refractivity (Wildman–Crippen MR) is 182 cm³/mol. The number of anilines is 1. The lowest BCUT2D eigenvalue weighted by Gasteiger charge is -2.26. The maximum atomic E-state index is 13.6. The van der Waals surface area contributed by atoms with E-state index < -0.39 is 29.6 Å². The average molecular weight is 671 g/mol. The maximum absolute atomic E-state index is 13.6. The van der Waals surface area contributed by atoms with Crippen molar-refractivity contribution in [3.05, 3.63) is 82.4 Å². The molecule has 256 valence electrons. The quantitative estimate of drug-likeness (QED) is 0.114. The van der Waals surface area contributed by atoms with E-state index >= 15 is 0 Å². The van der Waals surface area contributed by atoms with Gasteiger partial charge in [0.1, 0.15) is 13.7 Å². The molecule has 49 heavy (non-hydrogen) atoms. The molecule has 2 radical (unpaired) electrons.